The predicted molar refractivity (Wildman–Crippen MR) is 102 cm³/mol. The molecule has 0 aliphatic carbocycles. The van der Waals surface area contributed by atoms with Crippen LogP contribution in [0.5, 0.6) is 0 Å². The molecule has 0 aromatic rings. The molecule has 1 fully saturated rings. The highest BCUT2D eigenvalue weighted by Gasteiger charge is 2.53. The minimum Gasteiger partial charge on any atom is -0.316 e. The van der Waals surface area contributed by atoms with E-state index in [-0.39, 0.29) is 5.72 Å². The molecular formula is C21H44NO+. The first-order valence-electron chi connectivity index (χ1n) is 10.5. The van der Waals surface area contributed by atoms with Crippen LogP contribution < -0.4 is 0 Å². The molecular weight excluding hydrogens is 282 g/mol. The van der Waals surface area contributed by atoms with E-state index in [1.54, 1.807) is 0 Å². The first kappa shape index (κ1) is 21.0. The Labute approximate surface area is 146 Å². The van der Waals surface area contributed by atoms with Crippen LogP contribution in [0.1, 0.15) is 104 Å². The second-order valence-electron chi connectivity index (χ2n) is 8.47. The van der Waals surface area contributed by atoms with Crippen molar-refractivity contribution in [3.63, 3.8) is 0 Å². The molecule has 0 aromatic heterocycles. The average Bonchev–Trinajstić information content (AvgIpc) is 3.27. The number of epoxide rings is 1. The maximum atomic E-state index is 5.60. The van der Waals surface area contributed by atoms with E-state index in [2.05, 4.69) is 27.9 Å². The van der Waals surface area contributed by atoms with Crippen molar-refractivity contribution in [2.24, 2.45) is 0 Å². The minimum atomic E-state index is 0.122. The first-order chi connectivity index (χ1) is 11.0. The van der Waals surface area contributed by atoms with E-state index in [9.17, 15) is 0 Å². The van der Waals surface area contributed by atoms with Crippen molar-refractivity contribution in [2.75, 3.05) is 27.2 Å². The van der Waals surface area contributed by atoms with Crippen molar-refractivity contribution in [3.8, 4) is 0 Å². The Bertz CT molecular complexity index is 284. The topological polar surface area (TPSA) is 12.5 Å². The van der Waals surface area contributed by atoms with Crippen LogP contribution >= 0.6 is 0 Å². The molecule has 1 atom stereocenters. The quantitative estimate of drug-likeness (QED) is 0.184. The Balaban J connectivity index is 1.77. The van der Waals surface area contributed by atoms with Crippen LogP contribution in [0.25, 0.3) is 0 Å². The summed E-state index contributed by atoms with van der Waals surface area (Å²) in [4.78, 5) is 0. The van der Waals surface area contributed by atoms with E-state index < -0.39 is 0 Å². The molecule has 0 saturated carbocycles. The highest BCUT2D eigenvalue weighted by Crippen LogP contribution is 2.35. The molecule has 2 nitrogen and oxygen atoms in total. The Morgan fingerprint density at radius 2 is 1.04 bits per heavy atom. The third-order valence-corrected chi connectivity index (χ3v) is 5.91. The van der Waals surface area contributed by atoms with Crippen LogP contribution in [0.15, 0.2) is 0 Å². The lowest BCUT2D eigenvalue weighted by molar-refractivity contribution is -0.935. The van der Waals surface area contributed by atoms with Gasteiger partial charge in [0.2, 0.25) is 5.72 Å². The average molecular weight is 327 g/mol. The molecule has 0 spiro atoms. The van der Waals surface area contributed by atoms with Crippen molar-refractivity contribution in [1.82, 2.24) is 0 Å². The zero-order chi connectivity index (χ0) is 17.0. The summed E-state index contributed by atoms with van der Waals surface area (Å²) in [6.07, 6.45) is 20.1. The van der Waals surface area contributed by atoms with E-state index in [0.29, 0.717) is 0 Å². The van der Waals surface area contributed by atoms with E-state index in [1.807, 2.05) is 0 Å². The van der Waals surface area contributed by atoms with Gasteiger partial charge in [-0.15, -0.1) is 0 Å². The molecule has 1 rings (SSSR count). The van der Waals surface area contributed by atoms with Crippen molar-refractivity contribution >= 4 is 0 Å². The number of nitrogens with zero attached hydrogens (tertiary/aromatic N) is 1. The number of ether oxygens (including phenoxy) is 1. The van der Waals surface area contributed by atoms with Gasteiger partial charge in [0.15, 0.2) is 0 Å². The molecule has 0 radical (unpaired) electrons. The molecule has 1 aliphatic heterocycles. The molecule has 1 heterocycles. The van der Waals surface area contributed by atoms with Crippen LogP contribution in [0, 0.1) is 0 Å². The fourth-order valence-corrected chi connectivity index (χ4v) is 3.39. The SMILES string of the molecule is CCCCCCCCCCCCCCCC[N+](C)(C)C1(C)CO1. The van der Waals surface area contributed by atoms with Gasteiger partial charge >= 0.3 is 0 Å². The summed E-state index contributed by atoms with van der Waals surface area (Å²) in [7, 11) is 4.63. The highest BCUT2D eigenvalue weighted by molar-refractivity contribution is 4.75. The molecule has 0 aromatic carbocycles. The van der Waals surface area contributed by atoms with Gasteiger partial charge in [-0.05, 0) is 12.8 Å². The largest absolute Gasteiger partial charge is 0.316 e. The molecule has 23 heavy (non-hydrogen) atoms. The number of hydrogen-bond acceptors (Lipinski definition) is 1. The lowest BCUT2D eigenvalue weighted by atomic mass is 10.0. The molecule has 0 amide bonds. The molecule has 1 unspecified atom stereocenters. The van der Waals surface area contributed by atoms with E-state index in [4.69, 9.17) is 4.74 Å². The Morgan fingerprint density at radius 1 is 0.696 bits per heavy atom. The maximum Gasteiger partial charge on any atom is 0.224 e. The second-order valence-corrected chi connectivity index (χ2v) is 8.47. The summed E-state index contributed by atoms with van der Waals surface area (Å²) in [5, 5.41) is 0. The Kier molecular flexibility index (Phi) is 10.5. The third kappa shape index (κ3) is 9.10. The Hall–Kier alpha value is -0.0800. The minimum absolute atomic E-state index is 0.122. The molecule has 0 bridgehead atoms. The number of rotatable bonds is 16. The van der Waals surface area contributed by atoms with Gasteiger partial charge in [0.05, 0.1) is 20.6 Å². The summed E-state index contributed by atoms with van der Waals surface area (Å²) < 4.78 is 6.64. The van der Waals surface area contributed by atoms with Crippen molar-refractivity contribution < 1.29 is 9.22 Å². The van der Waals surface area contributed by atoms with Crippen molar-refractivity contribution in [3.05, 3.63) is 0 Å². The van der Waals surface area contributed by atoms with Crippen LogP contribution in [0.4, 0.5) is 0 Å². The fourth-order valence-electron chi connectivity index (χ4n) is 3.39. The first-order valence-corrected chi connectivity index (χ1v) is 10.5. The van der Waals surface area contributed by atoms with Gasteiger partial charge < -0.3 is 4.74 Å². The van der Waals surface area contributed by atoms with E-state index >= 15 is 0 Å². The smallest absolute Gasteiger partial charge is 0.224 e. The normalized spacial score (nSPS) is 20.9. The molecule has 1 saturated heterocycles. The zero-order valence-corrected chi connectivity index (χ0v) is 16.7. The van der Waals surface area contributed by atoms with Crippen molar-refractivity contribution in [1.29, 1.82) is 0 Å². The Morgan fingerprint density at radius 3 is 1.39 bits per heavy atom. The van der Waals surface area contributed by atoms with Crippen molar-refractivity contribution in [2.45, 2.75) is 109 Å². The van der Waals surface area contributed by atoms with Gasteiger partial charge in [0.25, 0.3) is 0 Å². The van der Waals surface area contributed by atoms with Gasteiger partial charge in [-0.25, -0.2) is 0 Å². The second kappa shape index (κ2) is 11.5. The zero-order valence-electron chi connectivity index (χ0n) is 16.7. The number of unbranched alkanes of at least 4 members (excludes halogenated alkanes) is 13. The van der Waals surface area contributed by atoms with Gasteiger partial charge in [0, 0.05) is 6.92 Å². The van der Waals surface area contributed by atoms with E-state index in [0.717, 1.165) is 11.1 Å². The predicted octanol–water partition coefficient (Wildman–Crippen LogP) is 6.29. The van der Waals surface area contributed by atoms with Crippen LogP contribution in [-0.4, -0.2) is 37.5 Å². The number of quaternary nitrogens is 1. The maximum absolute atomic E-state index is 5.60. The molecule has 2 heteroatoms. The summed E-state index contributed by atoms with van der Waals surface area (Å²) in [5.74, 6) is 0. The summed E-state index contributed by atoms with van der Waals surface area (Å²) >= 11 is 0. The van der Waals surface area contributed by atoms with Gasteiger partial charge in [0.1, 0.15) is 6.61 Å². The summed E-state index contributed by atoms with van der Waals surface area (Å²) in [6.45, 7) is 6.74. The van der Waals surface area contributed by atoms with Crippen LogP contribution in [0.2, 0.25) is 0 Å². The van der Waals surface area contributed by atoms with Gasteiger partial charge in [-0.1, -0.05) is 84.0 Å². The summed E-state index contributed by atoms with van der Waals surface area (Å²) in [5.41, 5.74) is 0.122. The number of hydrogen-bond donors (Lipinski definition) is 0. The fraction of sp³-hybridized carbons (Fsp3) is 1.00. The molecule has 0 N–H and O–H groups in total. The van der Waals surface area contributed by atoms with Gasteiger partial charge in [-0.2, -0.15) is 0 Å². The monoisotopic (exact) mass is 326 g/mol. The third-order valence-electron chi connectivity index (χ3n) is 5.91. The van der Waals surface area contributed by atoms with Crippen LogP contribution in [-0.2, 0) is 4.74 Å². The lowest BCUT2D eigenvalue weighted by Crippen LogP contribution is -2.50. The lowest BCUT2D eigenvalue weighted by Gasteiger charge is -2.33. The summed E-state index contributed by atoms with van der Waals surface area (Å²) in [6, 6.07) is 0. The van der Waals surface area contributed by atoms with Crippen LogP contribution in [0.3, 0.4) is 0 Å². The van der Waals surface area contributed by atoms with Gasteiger partial charge in [-0.3, -0.25) is 4.48 Å². The standard InChI is InChI=1S/C21H44NO/c1-5-6-7-8-9-10-11-12-13-14-15-16-17-18-19-22(3,4)21(2)20-23-21/h5-20H2,1-4H3/q+1. The molecule has 1 aliphatic rings. The highest BCUT2D eigenvalue weighted by atomic mass is 16.6. The number of likely N-dealkylation sites (N-methyl/N-ethyl adjacent to an activating group) is 1. The molecule has 138 valence electrons. The van der Waals surface area contributed by atoms with E-state index in [1.165, 1.54) is 96.4 Å².